The lowest BCUT2D eigenvalue weighted by atomic mass is 10.1. The van der Waals surface area contributed by atoms with Crippen LogP contribution in [0.2, 0.25) is 0 Å². The summed E-state index contributed by atoms with van der Waals surface area (Å²) in [5, 5.41) is 0. The van der Waals surface area contributed by atoms with Gasteiger partial charge in [-0.25, -0.2) is 0 Å². The molecule has 0 saturated heterocycles. The van der Waals surface area contributed by atoms with E-state index in [2.05, 4.69) is 22.9 Å². The Balaban J connectivity index is 2.06. The monoisotopic (exact) mass is 206 g/mol. The molecule has 1 nitrogen and oxygen atoms in total. The summed E-state index contributed by atoms with van der Waals surface area (Å²) in [4.78, 5) is 0.762. The molecule has 60 valence electrons. The van der Waals surface area contributed by atoms with Crippen LogP contribution in [0.3, 0.4) is 0 Å². The van der Waals surface area contributed by atoms with Gasteiger partial charge in [-0.2, -0.15) is 0 Å². The van der Waals surface area contributed by atoms with Gasteiger partial charge in [-0.05, 0) is 32.1 Å². The highest BCUT2D eigenvalue weighted by Gasteiger charge is 2.21. The van der Waals surface area contributed by atoms with Crippen molar-refractivity contribution in [2.75, 3.05) is 13.2 Å². The first-order chi connectivity index (χ1) is 4.83. The average Bonchev–Trinajstić information content (AvgIpc) is 2.31. The summed E-state index contributed by atoms with van der Waals surface area (Å²) in [6.45, 7) is 3.89. The summed E-state index contributed by atoms with van der Waals surface area (Å²) in [5.74, 6) is 0.823. The third-order valence-electron chi connectivity index (χ3n) is 2.03. The van der Waals surface area contributed by atoms with Crippen molar-refractivity contribution in [2.24, 2.45) is 5.92 Å². The molecular weight excluding hydrogens is 192 g/mol. The lowest BCUT2D eigenvalue weighted by Crippen LogP contribution is -2.05. The van der Waals surface area contributed by atoms with Gasteiger partial charge >= 0.3 is 0 Å². The maximum Gasteiger partial charge on any atom is 0.0494 e. The Morgan fingerprint density at radius 3 is 2.80 bits per heavy atom. The molecular formula is C8H15BrO. The van der Waals surface area contributed by atoms with Gasteiger partial charge in [-0.15, -0.1) is 0 Å². The molecule has 1 aliphatic carbocycles. The van der Waals surface area contributed by atoms with E-state index in [4.69, 9.17) is 4.74 Å². The lowest BCUT2D eigenvalue weighted by Gasteiger charge is -2.07. The van der Waals surface area contributed by atoms with Crippen LogP contribution < -0.4 is 0 Å². The van der Waals surface area contributed by atoms with E-state index in [-0.39, 0.29) is 0 Å². The van der Waals surface area contributed by atoms with Crippen LogP contribution in [0.5, 0.6) is 0 Å². The number of alkyl halides is 1. The van der Waals surface area contributed by atoms with Gasteiger partial charge in [0.2, 0.25) is 0 Å². The Bertz CT molecular complexity index is 95.3. The van der Waals surface area contributed by atoms with Crippen molar-refractivity contribution < 1.29 is 4.74 Å². The van der Waals surface area contributed by atoms with Gasteiger partial charge in [-0.3, -0.25) is 0 Å². The molecule has 0 N–H and O–H groups in total. The number of halogens is 1. The summed E-state index contributed by atoms with van der Waals surface area (Å²) >= 11 is 3.62. The SMILES string of the molecule is CCOCC1CCC(Br)C1. The Hall–Kier alpha value is 0.440. The fraction of sp³-hybridized carbons (Fsp3) is 1.00. The van der Waals surface area contributed by atoms with Gasteiger partial charge in [0, 0.05) is 18.0 Å². The van der Waals surface area contributed by atoms with Crippen molar-refractivity contribution in [3.8, 4) is 0 Å². The molecule has 1 saturated carbocycles. The van der Waals surface area contributed by atoms with E-state index in [1.165, 1.54) is 19.3 Å². The van der Waals surface area contributed by atoms with E-state index in [1.807, 2.05) is 0 Å². The normalized spacial score (nSPS) is 33.0. The predicted molar refractivity (Wildman–Crippen MR) is 46.5 cm³/mol. The summed E-state index contributed by atoms with van der Waals surface area (Å²) in [7, 11) is 0. The van der Waals surface area contributed by atoms with Gasteiger partial charge in [0.1, 0.15) is 0 Å². The molecule has 0 heterocycles. The van der Waals surface area contributed by atoms with Gasteiger partial charge in [-0.1, -0.05) is 15.9 Å². The van der Waals surface area contributed by atoms with Crippen molar-refractivity contribution in [1.29, 1.82) is 0 Å². The van der Waals surface area contributed by atoms with Crippen LogP contribution in [-0.2, 0) is 4.74 Å². The van der Waals surface area contributed by atoms with Crippen molar-refractivity contribution >= 4 is 15.9 Å². The number of ether oxygens (including phenoxy) is 1. The first-order valence-corrected chi connectivity index (χ1v) is 4.96. The Kier molecular flexibility index (Phi) is 3.71. The molecule has 0 bridgehead atoms. The highest BCUT2D eigenvalue weighted by atomic mass is 79.9. The molecule has 1 aliphatic rings. The summed E-state index contributed by atoms with van der Waals surface area (Å²) in [6.07, 6.45) is 3.98. The third kappa shape index (κ3) is 2.59. The van der Waals surface area contributed by atoms with Crippen molar-refractivity contribution in [3.63, 3.8) is 0 Å². The molecule has 2 unspecified atom stereocenters. The largest absolute Gasteiger partial charge is 0.381 e. The quantitative estimate of drug-likeness (QED) is 0.646. The Labute approximate surface area is 71.3 Å². The van der Waals surface area contributed by atoms with Gasteiger partial charge in [0.05, 0.1) is 0 Å². The molecule has 0 aliphatic heterocycles. The zero-order valence-corrected chi connectivity index (χ0v) is 8.06. The van der Waals surface area contributed by atoms with Crippen LogP contribution in [0.25, 0.3) is 0 Å². The molecule has 0 amide bonds. The molecule has 0 aromatic rings. The molecule has 0 radical (unpaired) electrons. The van der Waals surface area contributed by atoms with Crippen LogP contribution in [0.15, 0.2) is 0 Å². The molecule has 2 heteroatoms. The standard InChI is InChI=1S/C8H15BrO/c1-2-10-6-7-3-4-8(9)5-7/h7-8H,2-6H2,1H3. The molecule has 1 fully saturated rings. The predicted octanol–water partition coefficient (Wildman–Crippen LogP) is 2.59. The number of hydrogen-bond acceptors (Lipinski definition) is 1. The molecule has 2 atom stereocenters. The fourth-order valence-electron chi connectivity index (χ4n) is 1.45. The van der Waals surface area contributed by atoms with Crippen LogP contribution in [0.1, 0.15) is 26.2 Å². The molecule has 1 rings (SSSR count). The fourth-order valence-corrected chi connectivity index (χ4v) is 2.24. The average molecular weight is 207 g/mol. The molecule has 0 spiro atoms. The second kappa shape index (κ2) is 4.35. The van der Waals surface area contributed by atoms with Crippen LogP contribution >= 0.6 is 15.9 Å². The maximum atomic E-state index is 5.34. The first-order valence-electron chi connectivity index (χ1n) is 4.04. The van der Waals surface area contributed by atoms with E-state index < -0.39 is 0 Å². The van der Waals surface area contributed by atoms with E-state index in [9.17, 15) is 0 Å². The summed E-state index contributed by atoms with van der Waals surface area (Å²) in [6, 6.07) is 0. The molecule has 0 aromatic carbocycles. The van der Waals surface area contributed by atoms with Crippen LogP contribution in [0, 0.1) is 5.92 Å². The Morgan fingerprint density at radius 1 is 1.50 bits per heavy atom. The van der Waals surface area contributed by atoms with E-state index >= 15 is 0 Å². The molecule has 10 heavy (non-hydrogen) atoms. The minimum Gasteiger partial charge on any atom is -0.381 e. The molecule has 0 aromatic heterocycles. The lowest BCUT2D eigenvalue weighted by molar-refractivity contribution is 0.113. The highest BCUT2D eigenvalue weighted by Crippen LogP contribution is 2.30. The van der Waals surface area contributed by atoms with Crippen molar-refractivity contribution in [1.82, 2.24) is 0 Å². The van der Waals surface area contributed by atoms with Crippen LogP contribution in [0.4, 0.5) is 0 Å². The Morgan fingerprint density at radius 2 is 2.30 bits per heavy atom. The van der Waals surface area contributed by atoms with Crippen molar-refractivity contribution in [2.45, 2.75) is 31.0 Å². The third-order valence-corrected chi connectivity index (χ3v) is 2.87. The second-order valence-electron chi connectivity index (χ2n) is 2.94. The minimum absolute atomic E-state index is 0.762. The first kappa shape index (κ1) is 8.54. The summed E-state index contributed by atoms with van der Waals surface area (Å²) in [5.41, 5.74) is 0. The minimum atomic E-state index is 0.762. The summed E-state index contributed by atoms with van der Waals surface area (Å²) < 4.78 is 5.34. The number of hydrogen-bond donors (Lipinski definition) is 0. The maximum absolute atomic E-state index is 5.34. The van der Waals surface area contributed by atoms with Gasteiger partial charge < -0.3 is 4.74 Å². The van der Waals surface area contributed by atoms with Gasteiger partial charge in [0.25, 0.3) is 0 Å². The zero-order valence-electron chi connectivity index (χ0n) is 6.48. The van der Waals surface area contributed by atoms with Gasteiger partial charge in [0.15, 0.2) is 0 Å². The topological polar surface area (TPSA) is 9.23 Å². The smallest absolute Gasteiger partial charge is 0.0494 e. The van der Waals surface area contributed by atoms with Crippen LogP contribution in [-0.4, -0.2) is 18.0 Å². The van der Waals surface area contributed by atoms with Crippen molar-refractivity contribution in [3.05, 3.63) is 0 Å². The van der Waals surface area contributed by atoms with E-state index in [1.54, 1.807) is 0 Å². The van der Waals surface area contributed by atoms with E-state index in [0.717, 1.165) is 24.0 Å². The van der Waals surface area contributed by atoms with E-state index in [0.29, 0.717) is 0 Å². The highest BCUT2D eigenvalue weighted by molar-refractivity contribution is 9.09. The zero-order chi connectivity index (χ0) is 7.40. The number of rotatable bonds is 3. The second-order valence-corrected chi connectivity index (χ2v) is 4.23.